The van der Waals surface area contributed by atoms with E-state index in [0.717, 1.165) is 12.8 Å². The fraction of sp³-hybridized carbons (Fsp3) is 0.500. The van der Waals surface area contributed by atoms with Crippen molar-refractivity contribution in [2.45, 2.75) is 18.9 Å². The molecule has 82 valence electrons. The predicted molar refractivity (Wildman–Crippen MR) is 54.8 cm³/mol. The SMILES string of the molecule is O=C(NCC(O)C1CC1)c1ccoc1Cl. The minimum atomic E-state index is -0.445. The Kier molecular flexibility index (Phi) is 2.98. The van der Waals surface area contributed by atoms with Gasteiger partial charge in [0.25, 0.3) is 5.91 Å². The Balaban J connectivity index is 1.84. The molecule has 2 N–H and O–H groups in total. The number of hydrogen-bond acceptors (Lipinski definition) is 3. The van der Waals surface area contributed by atoms with Gasteiger partial charge in [-0.05, 0) is 36.4 Å². The van der Waals surface area contributed by atoms with Crippen LogP contribution >= 0.6 is 11.6 Å². The number of nitrogens with one attached hydrogen (secondary N) is 1. The number of aliphatic hydroxyl groups is 1. The van der Waals surface area contributed by atoms with E-state index in [-0.39, 0.29) is 17.7 Å². The molecule has 1 aliphatic rings. The molecule has 2 rings (SSSR count). The second kappa shape index (κ2) is 4.24. The van der Waals surface area contributed by atoms with Crippen molar-refractivity contribution in [2.75, 3.05) is 6.54 Å². The average Bonchev–Trinajstić information content (AvgIpc) is 2.98. The van der Waals surface area contributed by atoms with Crippen molar-refractivity contribution in [2.24, 2.45) is 5.92 Å². The largest absolute Gasteiger partial charge is 0.452 e. The van der Waals surface area contributed by atoms with E-state index in [1.165, 1.54) is 12.3 Å². The second-order valence-corrected chi connectivity index (χ2v) is 4.07. The molecule has 15 heavy (non-hydrogen) atoms. The van der Waals surface area contributed by atoms with E-state index in [0.29, 0.717) is 11.5 Å². The summed E-state index contributed by atoms with van der Waals surface area (Å²) < 4.78 is 4.79. The van der Waals surface area contributed by atoms with Gasteiger partial charge in [0.1, 0.15) is 0 Å². The first-order chi connectivity index (χ1) is 7.18. The van der Waals surface area contributed by atoms with E-state index < -0.39 is 6.10 Å². The van der Waals surface area contributed by atoms with Gasteiger partial charge in [0.2, 0.25) is 5.22 Å². The summed E-state index contributed by atoms with van der Waals surface area (Å²) in [5.74, 6) is 0.0403. The number of carbonyl (C=O) groups excluding carboxylic acids is 1. The third kappa shape index (κ3) is 2.52. The van der Waals surface area contributed by atoms with Crippen LogP contribution in [0.3, 0.4) is 0 Å². The molecule has 1 fully saturated rings. The third-order valence-electron chi connectivity index (χ3n) is 2.50. The maximum absolute atomic E-state index is 11.5. The molecular formula is C10H12ClNO3. The van der Waals surface area contributed by atoms with Crippen LogP contribution in [-0.2, 0) is 0 Å². The van der Waals surface area contributed by atoms with Gasteiger partial charge in [-0.1, -0.05) is 0 Å². The van der Waals surface area contributed by atoms with E-state index in [1.807, 2.05) is 0 Å². The lowest BCUT2D eigenvalue weighted by atomic mass is 10.2. The van der Waals surface area contributed by atoms with Gasteiger partial charge in [0.15, 0.2) is 0 Å². The number of amides is 1. The first-order valence-corrected chi connectivity index (χ1v) is 5.25. The molecule has 1 amide bonds. The first kappa shape index (κ1) is 10.5. The molecule has 0 bridgehead atoms. The second-order valence-electron chi connectivity index (χ2n) is 3.72. The van der Waals surface area contributed by atoms with Crippen LogP contribution in [-0.4, -0.2) is 23.7 Å². The fourth-order valence-corrected chi connectivity index (χ4v) is 1.60. The summed E-state index contributed by atoms with van der Waals surface area (Å²) in [6, 6.07) is 1.50. The number of furan rings is 1. The van der Waals surface area contributed by atoms with Crippen LogP contribution < -0.4 is 5.32 Å². The molecule has 1 aliphatic carbocycles. The Morgan fingerprint density at radius 2 is 2.47 bits per heavy atom. The Bertz CT molecular complexity index is 359. The summed E-state index contributed by atoms with van der Waals surface area (Å²) >= 11 is 5.63. The highest BCUT2D eigenvalue weighted by Crippen LogP contribution is 2.32. The van der Waals surface area contributed by atoms with Crippen LogP contribution in [0.2, 0.25) is 5.22 Å². The van der Waals surface area contributed by atoms with Crippen molar-refractivity contribution in [3.05, 3.63) is 23.1 Å². The van der Waals surface area contributed by atoms with Gasteiger partial charge in [-0.15, -0.1) is 0 Å². The molecule has 4 nitrogen and oxygen atoms in total. The van der Waals surface area contributed by atoms with Crippen LogP contribution in [0.25, 0.3) is 0 Å². The van der Waals surface area contributed by atoms with Gasteiger partial charge in [-0.2, -0.15) is 0 Å². The zero-order chi connectivity index (χ0) is 10.8. The molecule has 1 saturated carbocycles. The van der Waals surface area contributed by atoms with Gasteiger partial charge in [0.05, 0.1) is 17.9 Å². The molecule has 1 aromatic rings. The van der Waals surface area contributed by atoms with Crippen LogP contribution in [0, 0.1) is 5.92 Å². The fourth-order valence-electron chi connectivity index (χ4n) is 1.40. The van der Waals surface area contributed by atoms with Crippen molar-refractivity contribution < 1.29 is 14.3 Å². The summed E-state index contributed by atoms with van der Waals surface area (Å²) in [5, 5.41) is 12.2. The lowest BCUT2D eigenvalue weighted by Gasteiger charge is -2.09. The Labute approximate surface area is 92.2 Å². The average molecular weight is 230 g/mol. The highest BCUT2D eigenvalue weighted by atomic mass is 35.5. The van der Waals surface area contributed by atoms with Gasteiger partial charge in [-0.3, -0.25) is 4.79 Å². The smallest absolute Gasteiger partial charge is 0.256 e. The normalized spacial score (nSPS) is 17.5. The number of halogens is 1. The molecule has 1 atom stereocenters. The van der Waals surface area contributed by atoms with Crippen LogP contribution in [0.1, 0.15) is 23.2 Å². The van der Waals surface area contributed by atoms with Gasteiger partial charge in [-0.25, -0.2) is 0 Å². The lowest BCUT2D eigenvalue weighted by molar-refractivity contribution is 0.0900. The number of carbonyl (C=O) groups is 1. The van der Waals surface area contributed by atoms with E-state index in [1.54, 1.807) is 0 Å². The molecule has 0 aromatic carbocycles. The Hall–Kier alpha value is -1.00. The summed E-state index contributed by atoms with van der Waals surface area (Å²) in [6.45, 7) is 0.269. The van der Waals surface area contributed by atoms with Gasteiger partial charge in [0, 0.05) is 6.54 Å². The molecule has 0 radical (unpaired) electrons. The van der Waals surface area contributed by atoms with Crippen LogP contribution in [0.4, 0.5) is 0 Å². The molecule has 1 aromatic heterocycles. The van der Waals surface area contributed by atoms with Crippen LogP contribution in [0.5, 0.6) is 0 Å². The summed E-state index contributed by atoms with van der Waals surface area (Å²) in [4.78, 5) is 11.5. The number of hydrogen-bond donors (Lipinski definition) is 2. The Morgan fingerprint density at radius 3 is 3.00 bits per heavy atom. The number of rotatable bonds is 4. The standard InChI is InChI=1S/C10H12ClNO3/c11-9-7(3-4-15-9)10(14)12-5-8(13)6-1-2-6/h3-4,6,8,13H,1-2,5H2,(H,12,14). The maximum Gasteiger partial charge on any atom is 0.256 e. The summed E-state index contributed by atoms with van der Waals surface area (Å²) in [6.07, 6.45) is 3.00. The molecule has 0 spiro atoms. The van der Waals surface area contributed by atoms with E-state index >= 15 is 0 Å². The zero-order valence-electron chi connectivity index (χ0n) is 8.07. The van der Waals surface area contributed by atoms with Crippen molar-refractivity contribution in [3.8, 4) is 0 Å². The van der Waals surface area contributed by atoms with E-state index in [2.05, 4.69) is 5.32 Å². The number of aliphatic hydroxyl groups excluding tert-OH is 1. The Morgan fingerprint density at radius 1 is 1.73 bits per heavy atom. The van der Waals surface area contributed by atoms with Crippen molar-refractivity contribution in [1.82, 2.24) is 5.32 Å². The third-order valence-corrected chi connectivity index (χ3v) is 2.79. The van der Waals surface area contributed by atoms with Crippen molar-refractivity contribution in [3.63, 3.8) is 0 Å². The minimum Gasteiger partial charge on any atom is -0.452 e. The maximum atomic E-state index is 11.5. The van der Waals surface area contributed by atoms with E-state index in [9.17, 15) is 9.90 Å². The van der Waals surface area contributed by atoms with E-state index in [4.69, 9.17) is 16.0 Å². The first-order valence-electron chi connectivity index (χ1n) is 4.87. The monoisotopic (exact) mass is 229 g/mol. The highest BCUT2D eigenvalue weighted by molar-refractivity contribution is 6.32. The topological polar surface area (TPSA) is 62.5 Å². The van der Waals surface area contributed by atoms with Crippen LogP contribution in [0.15, 0.2) is 16.7 Å². The molecule has 0 saturated heterocycles. The molecule has 5 heteroatoms. The molecule has 0 aliphatic heterocycles. The highest BCUT2D eigenvalue weighted by Gasteiger charge is 2.29. The quantitative estimate of drug-likeness (QED) is 0.821. The van der Waals surface area contributed by atoms with Crippen molar-refractivity contribution >= 4 is 17.5 Å². The molecular weight excluding hydrogens is 218 g/mol. The zero-order valence-corrected chi connectivity index (χ0v) is 8.83. The summed E-state index contributed by atoms with van der Waals surface area (Å²) in [5.41, 5.74) is 0.305. The molecule has 1 unspecified atom stereocenters. The van der Waals surface area contributed by atoms with Crippen molar-refractivity contribution in [1.29, 1.82) is 0 Å². The summed E-state index contributed by atoms with van der Waals surface area (Å²) in [7, 11) is 0. The van der Waals surface area contributed by atoms with Gasteiger partial charge < -0.3 is 14.8 Å². The molecule has 1 heterocycles. The lowest BCUT2D eigenvalue weighted by Crippen LogP contribution is -2.33. The van der Waals surface area contributed by atoms with Gasteiger partial charge >= 0.3 is 0 Å². The minimum absolute atomic E-state index is 0.0772. The predicted octanol–water partition coefficient (Wildman–Crippen LogP) is 1.43.